The van der Waals surface area contributed by atoms with Crippen molar-refractivity contribution in [1.29, 1.82) is 0 Å². The van der Waals surface area contributed by atoms with Crippen LogP contribution in [0.25, 0.3) is 11.1 Å². The molecule has 20 heavy (non-hydrogen) atoms. The van der Waals surface area contributed by atoms with E-state index in [4.69, 9.17) is 0 Å². The second-order valence-electron chi connectivity index (χ2n) is 5.49. The van der Waals surface area contributed by atoms with Crippen molar-refractivity contribution >= 4 is 0 Å². The first-order chi connectivity index (χ1) is 9.74. The van der Waals surface area contributed by atoms with Crippen molar-refractivity contribution in [3.05, 3.63) is 42.0 Å². The summed E-state index contributed by atoms with van der Waals surface area (Å²) in [6.45, 7) is 1.10. The molecule has 0 aliphatic carbocycles. The summed E-state index contributed by atoms with van der Waals surface area (Å²) in [7, 11) is 1.96. The zero-order chi connectivity index (χ0) is 13.9. The molecule has 106 valence electrons. The van der Waals surface area contributed by atoms with Crippen LogP contribution in [0.3, 0.4) is 0 Å². The molecular weight excluding hydrogens is 253 g/mol. The third kappa shape index (κ3) is 2.75. The lowest BCUT2D eigenvalue weighted by Gasteiger charge is -2.24. The van der Waals surface area contributed by atoms with Gasteiger partial charge in [0.15, 0.2) is 0 Å². The van der Waals surface area contributed by atoms with E-state index in [1.54, 1.807) is 12.1 Å². The van der Waals surface area contributed by atoms with Crippen LogP contribution in [0, 0.1) is 5.82 Å². The number of aromatic nitrogens is 2. The van der Waals surface area contributed by atoms with Crippen LogP contribution in [0.1, 0.15) is 25.0 Å². The van der Waals surface area contributed by atoms with Gasteiger partial charge in [0, 0.05) is 30.8 Å². The molecule has 0 spiro atoms. The van der Waals surface area contributed by atoms with E-state index in [2.05, 4.69) is 10.4 Å². The van der Waals surface area contributed by atoms with Gasteiger partial charge < -0.3 is 5.32 Å². The van der Waals surface area contributed by atoms with Crippen LogP contribution in [-0.4, -0.2) is 22.4 Å². The average Bonchev–Trinajstić information content (AvgIpc) is 2.82. The van der Waals surface area contributed by atoms with E-state index in [-0.39, 0.29) is 5.82 Å². The summed E-state index contributed by atoms with van der Waals surface area (Å²) in [5.74, 6) is -0.201. The molecule has 0 bridgehead atoms. The zero-order valence-corrected chi connectivity index (χ0v) is 11.8. The number of nitrogens with zero attached hydrogens (tertiary/aromatic N) is 2. The van der Waals surface area contributed by atoms with Crippen molar-refractivity contribution < 1.29 is 4.39 Å². The summed E-state index contributed by atoms with van der Waals surface area (Å²) in [6, 6.07) is 7.25. The molecule has 1 aromatic carbocycles. The van der Waals surface area contributed by atoms with Gasteiger partial charge in [-0.1, -0.05) is 18.6 Å². The average molecular weight is 273 g/mol. The van der Waals surface area contributed by atoms with E-state index in [1.165, 1.54) is 31.0 Å². The highest BCUT2D eigenvalue weighted by molar-refractivity contribution is 5.65. The van der Waals surface area contributed by atoms with Crippen molar-refractivity contribution in [3.63, 3.8) is 0 Å². The highest BCUT2D eigenvalue weighted by Crippen LogP contribution is 2.26. The van der Waals surface area contributed by atoms with Crippen molar-refractivity contribution in [2.45, 2.75) is 31.7 Å². The highest BCUT2D eigenvalue weighted by Gasteiger charge is 2.18. The maximum Gasteiger partial charge on any atom is 0.123 e. The molecule has 3 nitrogen and oxygen atoms in total. The number of hydrogen-bond donors (Lipinski definition) is 1. The minimum atomic E-state index is -0.201. The molecule has 1 unspecified atom stereocenters. The standard InChI is InChI=1S/C16H20FN3/c1-20-16(10-14-7-2-3-8-18-14)15(11-19-20)12-5-4-6-13(17)9-12/h4-6,9,11,14,18H,2-3,7-8,10H2,1H3. The molecule has 1 aliphatic heterocycles. The van der Waals surface area contributed by atoms with Crippen LogP contribution in [-0.2, 0) is 13.5 Å². The molecule has 4 heteroatoms. The van der Waals surface area contributed by atoms with Crippen LogP contribution in [0.15, 0.2) is 30.5 Å². The Bertz CT molecular complexity index is 585. The van der Waals surface area contributed by atoms with Gasteiger partial charge in [-0.25, -0.2) is 4.39 Å². The monoisotopic (exact) mass is 273 g/mol. The van der Waals surface area contributed by atoms with Crippen molar-refractivity contribution in [2.24, 2.45) is 7.05 Å². The normalized spacial score (nSPS) is 19.2. The maximum atomic E-state index is 13.4. The van der Waals surface area contributed by atoms with Gasteiger partial charge in [0.05, 0.1) is 6.20 Å². The molecule has 1 saturated heterocycles. The Kier molecular flexibility index (Phi) is 3.83. The van der Waals surface area contributed by atoms with Crippen LogP contribution in [0.4, 0.5) is 4.39 Å². The fourth-order valence-corrected chi connectivity index (χ4v) is 2.93. The quantitative estimate of drug-likeness (QED) is 0.932. The summed E-state index contributed by atoms with van der Waals surface area (Å²) in [6.07, 6.45) is 6.53. The van der Waals surface area contributed by atoms with Crippen molar-refractivity contribution in [1.82, 2.24) is 15.1 Å². The number of nitrogens with one attached hydrogen (secondary N) is 1. The minimum Gasteiger partial charge on any atom is -0.314 e. The van der Waals surface area contributed by atoms with E-state index < -0.39 is 0 Å². The van der Waals surface area contributed by atoms with Crippen LogP contribution >= 0.6 is 0 Å². The molecule has 0 amide bonds. The summed E-state index contributed by atoms with van der Waals surface area (Å²) >= 11 is 0. The van der Waals surface area contributed by atoms with Gasteiger partial charge in [-0.2, -0.15) is 5.10 Å². The van der Waals surface area contributed by atoms with Crippen molar-refractivity contribution in [2.75, 3.05) is 6.54 Å². The van der Waals surface area contributed by atoms with Gasteiger partial charge in [0.2, 0.25) is 0 Å². The molecular formula is C16H20FN3. The highest BCUT2D eigenvalue weighted by atomic mass is 19.1. The Morgan fingerprint density at radius 1 is 1.40 bits per heavy atom. The number of halogens is 1. The third-order valence-electron chi connectivity index (χ3n) is 4.05. The van der Waals surface area contributed by atoms with E-state index in [0.717, 1.165) is 24.1 Å². The molecule has 1 aromatic heterocycles. The van der Waals surface area contributed by atoms with E-state index in [9.17, 15) is 4.39 Å². The van der Waals surface area contributed by atoms with Gasteiger partial charge in [-0.3, -0.25) is 4.68 Å². The fraction of sp³-hybridized carbons (Fsp3) is 0.438. The van der Waals surface area contributed by atoms with Gasteiger partial charge in [0.1, 0.15) is 5.82 Å². The summed E-state index contributed by atoms with van der Waals surface area (Å²) < 4.78 is 15.3. The lowest BCUT2D eigenvalue weighted by molar-refractivity contribution is 0.393. The number of aryl methyl sites for hydroxylation is 1. The SMILES string of the molecule is Cn1ncc(-c2cccc(F)c2)c1CC1CCCCN1. The Labute approximate surface area is 118 Å². The zero-order valence-electron chi connectivity index (χ0n) is 11.8. The van der Waals surface area contributed by atoms with E-state index in [1.807, 2.05) is 24.0 Å². The molecule has 0 radical (unpaired) electrons. The molecule has 1 atom stereocenters. The summed E-state index contributed by atoms with van der Waals surface area (Å²) in [5.41, 5.74) is 3.12. The predicted octanol–water partition coefficient (Wildman–Crippen LogP) is 2.91. The van der Waals surface area contributed by atoms with Gasteiger partial charge in [0.25, 0.3) is 0 Å². The van der Waals surface area contributed by atoms with Crippen molar-refractivity contribution in [3.8, 4) is 11.1 Å². The second-order valence-corrected chi connectivity index (χ2v) is 5.49. The second kappa shape index (κ2) is 5.75. The van der Waals surface area contributed by atoms with Crippen LogP contribution in [0.2, 0.25) is 0 Å². The third-order valence-corrected chi connectivity index (χ3v) is 4.05. The number of benzene rings is 1. The first-order valence-electron chi connectivity index (χ1n) is 7.24. The number of piperidine rings is 1. The minimum absolute atomic E-state index is 0.201. The Balaban J connectivity index is 1.88. The lowest BCUT2D eigenvalue weighted by Crippen LogP contribution is -2.36. The largest absolute Gasteiger partial charge is 0.314 e. The molecule has 1 fully saturated rings. The first kappa shape index (κ1) is 13.3. The number of rotatable bonds is 3. The molecule has 1 N–H and O–H groups in total. The molecule has 2 aromatic rings. The lowest BCUT2D eigenvalue weighted by atomic mass is 9.97. The summed E-state index contributed by atoms with van der Waals surface area (Å²) in [5, 5.41) is 7.91. The Hall–Kier alpha value is -1.68. The summed E-state index contributed by atoms with van der Waals surface area (Å²) in [4.78, 5) is 0. The predicted molar refractivity (Wildman–Crippen MR) is 77.9 cm³/mol. The first-order valence-corrected chi connectivity index (χ1v) is 7.24. The number of hydrogen-bond acceptors (Lipinski definition) is 2. The maximum absolute atomic E-state index is 13.4. The van der Waals surface area contributed by atoms with E-state index in [0.29, 0.717) is 6.04 Å². The molecule has 1 aliphatic rings. The smallest absolute Gasteiger partial charge is 0.123 e. The fourth-order valence-electron chi connectivity index (χ4n) is 2.93. The Morgan fingerprint density at radius 2 is 2.30 bits per heavy atom. The topological polar surface area (TPSA) is 29.9 Å². The molecule has 0 saturated carbocycles. The van der Waals surface area contributed by atoms with Gasteiger partial charge in [-0.15, -0.1) is 0 Å². The van der Waals surface area contributed by atoms with E-state index >= 15 is 0 Å². The van der Waals surface area contributed by atoms with Gasteiger partial charge >= 0.3 is 0 Å². The Morgan fingerprint density at radius 3 is 3.05 bits per heavy atom. The molecule has 3 rings (SSSR count). The van der Waals surface area contributed by atoms with Crippen LogP contribution < -0.4 is 5.32 Å². The van der Waals surface area contributed by atoms with Crippen LogP contribution in [0.5, 0.6) is 0 Å². The van der Waals surface area contributed by atoms with Gasteiger partial charge in [-0.05, 0) is 37.1 Å². The molecule has 2 heterocycles.